The van der Waals surface area contributed by atoms with Crippen molar-refractivity contribution in [3.63, 3.8) is 0 Å². The number of ether oxygens (including phenoxy) is 1. The summed E-state index contributed by atoms with van der Waals surface area (Å²) < 4.78 is 5.42. The highest BCUT2D eigenvalue weighted by atomic mass is 32.2. The molecule has 22 heavy (non-hydrogen) atoms. The van der Waals surface area contributed by atoms with Crippen LogP contribution >= 0.6 is 11.8 Å². The Bertz CT molecular complexity index is 497. The maximum absolute atomic E-state index is 12.5. The van der Waals surface area contributed by atoms with E-state index in [1.807, 2.05) is 11.2 Å². The third kappa shape index (κ3) is 3.59. The Kier molecular flexibility index (Phi) is 5.28. The predicted molar refractivity (Wildman–Crippen MR) is 85.1 cm³/mol. The SMILES string of the molecule is CSc1ncc(C(=O)N2CCN(C3CCOCC3)CC2)cn1. The van der Waals surface area contributed by atoms with Gasteiger partial charge in [-0.3, -0.25) is 9.69 Å². The molecule has 3 rings (SSSR count). The minimum absolute atomic E-state index is 0.0410. The van der Waals surface area contributed by atoms with Crippen molar-refractivity contribution in [2.45, 2.75) is 24.0 Å². The zero-order valence-electron chi connectivity index (χ0n) is 12.9. The van der Waals surface area contributed by atoms with Gasteiger partial charge in [0, 0.05) is 57.8 Å². The summed E-state index contributed by atoms with van der Waals surface area (Å²) in [5.74, 6) is 0.0410. The second-order valence-electron chi connectivity index (χ2n) is 5.63. The van der Waals surface area contributed by atoms with Gasteiger partial charge in [-0.2, -0.15) is 0 Å². The minimum atomic E-state index is 0.0410. The summed E-state index contributed by atoms with van der Waals surface area (Å²) in [7, 11) is 0. The second-order valence-corrected chi connectivity index (χ2v) is 6.40. The van der Waals surface area contributed by atoms with Gasteiger partial charge in [0.05, 0.1) is 5.56 Å². The number of rotatable bonds is 3. The van der Waals surface area contributed by atoms with Gasteiger partial charge in [-0.05, 0) is 19.1 Å². The first-order valence-electron chi connectivity index (χ1n) is 7.75. The van der Waals surface area contributed by atoms with Crippen LogP contribution in [0.3, 0.4) is 0 Å². The molecule has 2 saturated heterocycles. The van der Waals surface area contributed by atoms with Crippen molar-refractivity contribution in [1.82, 2.24) is 19.8 Å². The van der Waals surface area contributed by atoms with Gasteiger partial charge in [0.15, 0.2) is 5.16 Å². The molecule has 6 nitrogen and oxygen atoms in total. The molecule has 0 N–H and O–H groups in total. The summed E-state index contributed by atoms with van der Waals surface area (Å²) in [6.45, 7) is 5.17. The fourth-order valence-corrected chi connectivity index (χ4v) is 3.37. The van der Waals surface area contributed by atoms with Crippen LogP contribution in [0.1, 0.15) is 23.2 Å². The van der Waals surface area contributed by atoms with Crippen LogP contribution < -0.4 is 0 Å². The highest BCUT2D eigenvalue weighted by molar-refractivity contribution is 7.98. The fourth-order valence-electron chi connectivity index (χ4n) is 3.06. The lowest BCUT2D eigenvalue weighted by Gasteiger charge is -2.40. The number of carbonyl (C=O) groups is 1. The van der Waals surface area contributed by atoms with Gasteiger partial charge in [0.25, 0.3) is 5.91 Å². The molecule has 0 aromatic carbocycles. The zero-order valence-corrected chi connectivity index (χ0v) is 13.7. The highest BCUT2D eigenvalue weighted by Gasteiger charge is 2.27. The quantitative estimate of drug-likeness (QED) is 0.614. The van der Waals surface area contributed by atoms with Crippen molar-refractivity contribution in [3.05, 3.63) is 18.0 Å². The molecule has 0 saturated carbocycles. The summed E-state index contributed by atoms with van der Waals surface area (Å²) >= 11 is 1.48. The number of aromatic nitrogens is 2. The van der Waals surface area contributed by atoms with Crippen molar-refractivity contribution < 1.29 is 9.53 Å². The first kappa shape index (κ1) is 15.7. The Balaban J connectivity index is 1.54. The number of amides is 1. The van der Waals surface area contributed by atoms with Gasteiger partial charge in [-0.1, -0.05) is 11.8 Å². The fraction of sp³-hybridized carbons (Fsp3) is 0.667. The number of hydrogen-bond acceptors (Lipinski definition) is 6. The third-order valence-electron chi connectivity index (χ3n) is 4.37. The Hall–Kier alpha value is -1.18. The molecule has 0 radical (unpaired) electrons. The topological polar surface area (TPSA) is 58.6 Å². The molecule has 120 valence electrons. The standard InChI is InChI=1S/C15H22N4O2S/c1-22-15-16-10-12(11-17-15)14(20)19-6-4-18(5-7-19)13-2-8-21-9-3-13/h10-11,13H,2-9H2,1H3. The van der Waals surface area contributed by atoms with Crippen LogP contribution in [-0.2, 0) is 4.74 Å². The lowest BCUT2D eigenvalue weighted by atomic mass is 10.1. The number of nitrogens with zero attached hydrogens (tertiary/aromatic N) is 4. The van der Waals surface area contributed by atoms with Gasteiger partial charge >= 0.3 is 0 Å². The van der Waals surface area contributed by atoms with E-state index in [9.17, 15) is 4.79 Å². The van der Waals surface area contributed by atoms with Crippen LogP contribution in [0.25, 0.3) is 0 Å². The zero-order chi connectivity index (χ0) is 15.4. The van der Waals surface area contributed by atoms with E-state index in [0.29, 0.717) is 16.8 Å². The molecule has 1 amide bonds. The molecule has 0 aliphatic carbocycles. The molecule has 1 aromatic heterocycles. The smallest absolute Gasteiger partial charge is 0.257 e. The Morgan fingerprint density at radius 3 is 2.41 bits per heavy atom. The maximum atomic E-state index is 12.5. The van der Waals surface area contributed by atoms with Crippen LogP contribution in [-0.4, -0.2) is 77.4 Å². The molecule has 0 bridgehead atoms. The van der Waals surface area contributed by atoms with Crippen LogP contribution in [0.15, 0.2) is 17.6 Å². The van der Waals surface area contributed by atoms with Crippen molar-refractivity contribution in [2.24, 2.45) is 0 Å². The summed E-state index contributed by atoms with van der Waals surface area (Å²) in [6, 6.07) is 0.621. The average Bonchev–Trinajstić information content (AvgIpc) is 2.62. The van der Waals surface area contributed by atoms with Gasteiger partial charge in [-0.25, -0.2) is 9.97 Å². The molecule has 0 spiro atoms. The van der Waals surface area contributed by atoms with Gasteiger partial charge in [-0.15, -0.1) is 0 Å². The van der Waals surface area contributed by atoms with Crippen molar-refractivity contribution in [2.75, 3.05) is 45.6 Å². The molecule has 0 atom stereocenters. The largest absolute Gasteiger partial charge is 0.381 e. The monoisotopic (exact) mass is 322 g/mol. The number of carbonyl (C=O) groups excluding carboxylic acids is 1. The van der Waals surface area contributed by atoms with E-state index in [4.69, 9.17) is 4.74 Å². The molecule has 7 heteroatoms. The second kappa shape index (κ2) is 7.39. The summed E-state index contributed by atoms with van der Waals surface area (Å²) in [4.78, 5) is 25.3. The maximum Gasteiger partial charge on any atom is 0.257 e. The first-order chi connectivity index (χ1) is 10.8. The molecule has 3 heterocycles. The van der Waals surface area contributed by atoms with E-state index in [1.54, 1.807) is 12.4 Å². The minimum Gasteiger partial charge on any atom is -0.381 e. The lowest BCUT2D eigenvalue weighted by molar-refractivity contribution is 0.0137. The van der Waals surface area contributed by atoms with E-state index in [0.717, 1.165) is 52.2 Å². The number of thioether (sulfide) groups is 1. The molecule has 2 fully saturated rings. The molecule has 1 aromatic rings. The summed E-state index contributed by atoms with van der Waals surface area (Å²) in [5, 5.41) is 0.695. The van der Waals surface area contributed by atoms with E-state index < -0.39 is 0 Å². The van der Waals surface area contributed by atoms with Gasteiger partial charge in [0.1, 0.15) is 0 Å². The molecular weight excluding hydrogens is 300 g/mol. The van der Waals surface area contributed by atoms with Crippen molar-refractivity contribution in [1.29, 1.82) is 0 Å². The van der Waals surface area contributed by atoms with Crippen molar-refractivity contribution in [3.8, 4) is 0 Å². The number of piperazine rings is 1. The van der Waals surface area contributed by atoms with E-state index in [1.165, 1.54) is 11.8 Å². The van der Waals surface area contributed by atoms with Crippen LogP contribution in [0.5, 0.6) is 0 Å². The average molecular weight is 322 g/mol. The number of hydrogen-bond donors (Lipinski definition) is 0. The molecular formula is C15H22N4O2S. The predicted octanol–water partition coefficient (Wildman–Crippen LogP) is 1.14. The first-order valence-corrected chi connectivity index (χ1v) is 8.97. The van der Waals surface area contributed by atoms with Crippen LogP contribution in [0.4, 0.5) is 0 Å². The summed E-state index contributed by atoms with van der Waals surface area (Å²) in [5.41, 5.74) is 0.581. The van der Waals surface area contributed by atoms with E-state index >= 15 is 0 Å². The van der Waals surface area contributed by atoms with Crippen molar-refractivity contribution >= 4 is 17.7 Å². The normalized spacial score (nSPS) is 21.0. The molecule has 2 aliphatic heterocycles. The Morgan fingerprint density at radius 2 is 1.82 bits per heavy atom. The Labute approximate surface area is 135 Å². The Morgan fingerprint density at radius 1 is 1.18 bits per heavy atom. The lowest BCUT2D eigenvalue weighted by Crippen LogP contribution is -2.53. The van der Waals surface area contributed by atoms with Gasteiger partial charge < -0.3 is 9.64 Å². The third-order valence-corrected chi connectivity index (χ3v) is 4.94. The molecule has 2 aliphatic rings. The van der Waals surface area contributed by atoms with E-state index in [-0.39, 0.29) is 5.91 Å². The van der Waals surface area contributed by atoms with Crippen LogP contribution in [0.2, 0.25) is 0 Å². The van der Waals surface area contributed by atoms with Crippen LogP contribution in [0, 0.1) is 0 Å². The van der Waals surface area contributed by atoms with Gasteiger partial charge in [0.2, 0.25) is 0 Å². The highest BCUT2D eigenvalue weighted by Crippen LogP contribution is 2.17. The van der Waals surface area contributed by atoms with E-state index in [2.05, 4.69) is 14.9 Å². The molecule has 0 unspecified atom stereocenters. The summed E-state index contributed by atoms with van der Waals surface area (Å²) in [6.07, 6.45) is 7.40.